The first-order valence-corrected chi connectivity index (χ1v) is 7.16. The maximum Gasteiger partial charge on any atom is 0.269 e. The summed E-state index contributed by atoms with van der Waals surface area (Å²) in [6, 6.07) is 6.31. The van der Waals surface area contributed by atoms with Gasteiger partial charge in [0.25, 0.3) is 5.69 Å². The third-order valence-corrected chi connectivity index (χ3v) is 3.67. The Labute approximate surface area is 132 Å². The zero-order chi connectivity index (χ0) is 16.8. The number of benzene rings is 1. The number of nitrogens with zero attached hydrogens (tertiary/aromatic N) is 2. The van der Waals surface area contributed by atoms with Crippen LogP contribution >= 0.6 is 0 Å². The molecule has 0 aliphatic carbocycles. The molecule has 8 heteroatoms. The molecule has 0 aromatic heterocycles. The van der Waals surface area contributed by atoms with Gasteiger partial charge >= 0.3 is 0 Å². The highest BCUT2D eigenvalue weighted by molar-refractivity contribution is 5.85. The molecule has 1 aromatic rings. The fraction of sp³-hybridized carbons (Fsp3) is 0.333. The average molecular weight is 319 g/mol. The van der Waals surface area contributed by atoms with Gasteiger partial charge in [0.1, 0.15) is 0 Å². The van der Waals surface area contributed by atoms with E-state index in [1.54, 1.807) is 29.3 Å². The molecule has 1 aliphatic rings. The summed E-state index contributed by atoms with van der Waals surface area (Å²) in [5.74, 6) is -1.01. The van der Waals surface area contributed by atoms with Crippen LogP contribution in [0.2, 0.25) is 0 Å². The van der Waals surface area contributed by atoms with Crippen molar-refractivity contribution in [2.45, 2.75) is 19.3 Å². The van der Waals surface area contributed by atoms with Crippen LogP contribution in [0, 0.1) is 16.0 Å². The van der Waals surface area contributed by atoms with Crippen LogP contribution in [0.1, 0.15) is 18.4 Å². The molecule has 1 aliphatic heterocycles. The molecule has 0 saturated carbocycles. The molecule has 122 valence electrons. The van der Waals surface area contributed by atoms with Crippen LogP contribution in [-0.4, -0.2) is 33.4 Å². The number of nitro benzene ring substituents is 1. The van der Waals surface area contributed by atoms with Gasteiger partial charge in [-0.05, 0) is 18.4 Å². The number of nitrogens with one attached hydrogen (secondary N) is 1. The molecule has 2 N–H and O–H groups in total. The van der Waals surface area contributed by atoms with E-state index in [0.29, 0.717) is 19.4 Å². The quantitative estimate of drug-likeness (QED) is 0.448. The van der Waals surface area contributed by atoms with Crippen molar-refractivity contribution in [3.8, 4) is 0 Å². The first kappa shape index (κ1) is 16.6. The maximum absolute atomic E-state index is 12.2. The Kier molecular flexibility index (Phi) is 5.42. The topological polar surface area (TPSA) is 113 Å². The minimum atomic E-state index is -0.527. The highest BCUT2D eigenvalue weighted by Gasteiger charge is 2.26. The highest BCUT2D eigenvalue weighted by Crippen LogP contribution is 2.20. The van der Waals surface area contributed by atoms with E-state index in [2.05, 4.69) is 0 Å². The summed E-state index contributed by atoms with van der Waals surface area (Å²) in [7, 11) is 0. The lowest BCUT2D eigenvalue weighted by Gasteiger charge is -2.16. The first-order valence-electron chi connectivity index (χ1n) is 7.16. The van der Waals surface area contributed by atoms with Gasteiger partial charge in [-0.2, -0.15) is 0 Å². The predicted molar refractivity (Wildman–Crippen MR) is 80.3 cm³/mol. The number of nitro groups is 1. The molecular formula is C15H17N3O5. The Balaban J connectivity index is 1.86. The zero-order valence-electron chi connectivity index (χ0n) is 12.3. The number of carbonyl (C=O) groups excluding carboxylic acids is 2. The molecule has 0 bridgehead atoms. The Morgan fingerprint density at radius 1 is 1.43 bits per heavy atom. The van der Waals surface area contributed by atoms with Crippen molar-refractivity contribution < 1.29 is 19.7 Å². The van der Waals surface area contributed by atoms with Gasteiger partial charge in [-0.25, -0.2) is 5.48 Å². The minimum Gasteiger partial charge on any atom is -0.319 e. The van der Waals surface area contributed by atoms with Gasteiger partial charge in [0.2, 0.25) is 11.8 Å². The average Bonchev–Trinajstić information content (AvgIpc) is 2.91. The molecule has 2 amide bonds. The van der Waals surface area contributed by atoms with Crippen molar-refractivity contribution in [2.75, 3.05) is 6.54 Å². The van der Waals surface area contributed by atoms with E-state index in [-0.39, 0.29) is 23.9 Å². The number of hydroxylamine groups is 1. The molecule has 0 spiro atoms. The van der Waals surface area contributed by atoms with Gasteiger partial charge in [-0.3, -0.25) is 24.9 Å². The lowest BCUT2D eigenvalue weighted by Crippen LogP contribution is -2.29. The van der Waals surface area contributed by atoms with E-state index in [0.717, 1.165) is 5.56 Å². The number of rotatable bonds is 7. The summed E-state index contributed by atoms with van der Waals surface area (Å²) in [5.41, 5.74) is 2.34. The standard InChI is InChI=1S/C15H17N3O5/c19-14(16-21)5-4-12-7-9-17(15(12)20)8-6-11-2-1-3-13(10-11)18(22)23/h1-3,7,9-10,12,21H,4-6,8H2,(H,16,19). The van der Waals surface area contributed by atoms with E-state index in [9.17, 15) is 19.7 Å². The van der Waals surface area contributed by atoms with Crippen LogP contribution < -0.4 is 5.48 Å². The van der Waals surface area contributed by atoms with E-state index >= 15 is 0 Å². The maximum atomic E-state index is 12.2. The number of amides is 2. The minimum absolute atomic E-state index is 0.0266. The molecule has 2 rings (SSSR count). The lowest BCUT2D eigenvalue weighted by molar-refractivity contribution is -0.384. The zero-order valence-corrected chi connectivity index (χ0v) is 12.3. The van der Waals surface area contributed by atoms with E-state index < -0.39 is 10.8 Å². The summed E-state index contributed by atoms with van der Waals surface area (Å²) in [6.45, 7) is 0.416. The Morgan fingerprint density at radius 2 is 2.22 bits per heavy atom. The third kappa shape index (κ3) is 4.36. The van der Waals surface area contributed by atoms with Crippen molar-refractivity contribution in [2.24, 2.45) is 5.92 Å². The summed E-state index contributed by atoms with van der Waals surface area (Å²) in [5, 5.41) is 19.2. The SMILES string of the molecule is O=C(CCC1C=CN(CCc2cccc([N+](=O)[O-])c2)C1=O)NO. The molecule has 1 heterocycles. The second-order valence-corrected chi connectivity index (χ2v) is 5.23. The molecule has 8 nitrogen and oxygen atoms in total. The highest BCUT2D eigenvalue weighted by atomic mass is 16.6. The van der Waals surface area contributed by atoms with Gasteiger partial charge < -0.3 is 4.90 Å². The number of hydrogen-bond acceptors (Lipinski definition) is 5. The van der Waals surface area contributed by atoms with Crippen LogP contribution in [0.25, 0.3) is 0 Å². The van der Waals surface area contributed by atoms with Crippen molar-refractivity contribution >= 4 is 17.5 Å². The fourth-order valence-electron chi connectivity index (χ4n) is 2.40. The van der Waals surface area contributed by atoms with Gasteiger partial charge in [-0.1, -0.05) is 18.2 Å². The van der Waals surface area contributed by atoms with Crippen LogP contribution in [0.5, 0.6) is 0 Å². The number of hydrogen-bond donors (Lipinski definition) is 2. The van der Waals surface area contributed by atoms with Crippen LogP contribution in [0.3, 0.4) is 0 Å². The van der Waals surface area contributed by atoms with Gasteiger partial charge in [0.05, 0.1) is 10.8 Å². The first-order chi connectivity index (χ1) is 11.0. The number of carbonyl (C=O) groups is 2. The molecule has 1 unspecified atom stereocenters. The van der Waals surface area contributed by atoms with Gasteiger partial charge in [0.15, 0.2) is 0 Å². The predicted octanol–water partition coefficient (Wildman–Crippen LogP) is 1.39. The fourth-order valence-corrected chi connectivity index (χ4v) is 2.40. The second kappa shape index (κ2) is 7.50. The summed E-state index contributed by atoms with van der Waals surface area (Å²) >= 11 is 0. The van der Waals surface area contributed by atoms with Crippen LogP contribution in [0.4, 0.5) is 5.69 Å². The van der Waals surface area contributed by atoms with Crippen molar-refractivity contribution in [1.29, 1.82) is 0 Å². The summed E-state index contributed by atoms with van der Waals surface area (Å²) in [6.07, 6.45) is 4.29. The molecule has 23 heavy (non-hydrogen) atoms. The molecule has 1 aromatic carbocycles. The van der Waals surface area contributed by atoms with E-state index in [1.807, 2.05) is 0 Å². The van der Waals surface area contributed by atoms with Crippen molar-refractivity contribution in [3.05, 3.63) is 52.2 Å². The van der Waals surface area contributed by atoms with Crippen LogP contribution in [-0.2, 0) is 16.0 Å². The normalized spacial score (nSPS) is 16.7. The Hall–Kier alpha value is -2.74. The van der Waals surface area contributed by atoms with Gasteiger partial charge in [0, 0.05) is 31.3 Å². The monoisotopic (exact) mass is 319 g/mol. The van der Waals surface area contributed by atoms with Crippen molar-refractivity contribution in [1.82, 2.24) is 10.4 Å². The van der Waals surface area contributed by atoms with Crippen LogP contribution in [0.15, 0.2) is 36.5 Å². The van der Waals surface area contributed by atoms with Gasteiger partial charge in [-0.15, -0.1) is 0 Å². The smallest absolute Gasteiger partial charge is 0.269 e. The third-order valence-electron chi connectivity index (χ3n) is 3.67. The molecule has 0 fully saturated rings. The molecule has 1 atom stereocenters. The summed E-state index contributed by atoms with van der Waals surface area (Å²) in [4.78, 5) is 35.0. The molecule has 0 radical (unpaired) electrons. The Morgan fingerprint density at radius 3 is 2.91 bits per heavy atom. The second-order valence-electron chi connectivity index (χ2n) is 5.23. The largest absolute Gasteiger partial charge is 0.319 e. The van der Waals surface area contributed by atoms with Crippen molar-refractivity contribution in [3.63, 3.8) is 0 Å². The van der Waals surface area contributed by atoms with E-state index in [4.69, 9.17) is 5.21 Å². The Bertz CT molecular complexity index is 644. The van der Waals surface area contributed by atoms with E-state index in [1.165, 1.54) is 17.6 Å². The number of non-ortho nitro benzene ring substituents is 1. The lowest BCUT2D eigenvalue weighted by atomic mass is 10.0. The molecular weight excluding hydrogens is 302 g/mol. The molecule has 0 saturated heterocycles. The summed E-state index contributed by atoms with van der Waals surface area (Å²) < 4.78 is 0.